The van der Waals surface area contributed by atoms with Crippen LogP contribution >= 0.6 is 0 Å². The third-order valence-corrected chi connectivity index (χ3v) is 3.57. The lowest BCUT2D eigenvalue weighted by atomic mass is 9.99. The molecule has 2 aromatic rings. The second-order valence-electron chi connectivity index (χ2n) is 5.11. The first-order valence-electron chi connectivity index (χ1n) is 6.45. The van der Waals surface area contributed by atoms with Crippen LogP contribution in [0.3, 0.4) is 0 Å². The average molecular weight is 277 g/mol. The van der Waals surface area contributed by atoms with Crippen LogP contribution in [0.5, 0.6) is 0 Å². The minimum Gasteiger partial charge on any atom is -0.481 e. The van der Waals surface area contributed by atoms with Gasteiger partial charge in [0.05, 0.1) is 18.7 Å². The van der Waals surface area contributed by atoms with Crippen LogP contribution in [0, 0.1) is 11.8 Å². The molecule has 0 spiro atoms. The maximum absolute atomic E-state index is 11.1. The largest absolute Gasteiger partial charge is 0.481 e. The van der Waals surface area contributed by atoms with E-state index in [4.69, 9.17) is 14.0 Å². The molecule has 0 unspecified atom stereocenters. The molecule has 0 saturated carbocycles. The van der Waals surface area contributed by atoms with Gasteiger partial charge in [-0.25, -0.2) is 0 Å². The quantitative estimate of drug-likeness (QED) is 0.904. The van der Waals surface area contributed by atoms with Gasteiger partial charge in [0.25, 0.3) is 0 Å². The number of rotatable bonds is 4. The zero-order valence-electron chi connectivity index (χ0n) is 11.0. The molecule has 1 saturated heterocycles. The summed E-state index contributed by atoms with van der Waals surface area (Å²) in [5, 5.41) is 13.0. The molecule has 1 N–H and O–H groups in total. The number of carboxylic acid groups (broad SMARTS) is 1. The lowest BCUT2D eigenvalue weighted by Crippen LogP contribution is -2.23. The molecule has 2 aromatic heterocycles. The molecule has 7 nitrogen and oxygen atoms in total. The van der Waals surface area contributed by atoms with Crippen LogP contribution in [0.1, 0.15) is 12.8 Å². The molecule has 0 radical (unpaired) electrons. The summed E-state index contributed by atoms with van der Waals surface area (Å²) < 4.78 is 10.4. The van der Waals surface area contributed by atoms with Crippen molar-refractivity contribution in [3.05, 3.63) is 24.3 Å². The fraction of sp³-hybridized carbons (Fsp3) is 0.462. The second kappa shape index (κ2) is 5.09. The van der Waals surface area contributed by atoms with Gasteiger partial charge in [0.1, 0.15) is 0 Å². The van der Waals surface area contributed by atoms with Crippen LogP contribution in [-0.4, -0.2) is 39.2 Å². The molecule has 2 atom stereocenters. The number of hydrogen-bond donors (Lipinski definition) is 1. The summed E-state index contributed by atoms with van der Waals surface area (Å²) in [7, 11) is 0. The fourth-order valence-electron chi connectivity index (χ4n) is 2.53. The molecule has 1 fully saturated rings. The SMILES string of the molecule is C[C@@H]1CN(Cc2nc(-c3ccco3)no2)C[C@H]1C(=O)O. The average Bonchev–Trinajstić information content (AvgIpc) is 3.09. The van der Waals surface area contributed by atoms with Crippen LogP contribution in [0.25, 0.3) is 11.6 Å². The Hall–Kier alpha value is -2.15. The van der Waals surface area contributed by atoms with Gasteiger partial charge < -0.3 is 14.0 Å². The number of furan rings is 1. The Morgan fingerprint density at radius 3 is 3.05 bits per heavy atom. The molecule has 106 valence electrons. The molecule has 0 aliphatic carbocycles. The van der Waals surface area contributed by atoms with Crippen molar-refractivity contribution in [3.63, 3.8) is 0 Å². The van der Waals surface area contributed by atoms with Crippen molar-refractivity contribution < 1.29 is 18.8 Å². The minimum atomic E-state index is -0.748. The Bertz CT molecular complexity index is 593. The highest BCUT2D eigenvalue weighted by Gasteiger charge is 2.35. The predicted octanol–water partition coefficient (Wildman–Crippen LogP) is 1.48. The van der Waals surface area contributed by atoms with Crippen molar-refractivity contribution in [2.45, 2.75) is 13.5 Å². The number of hydrogen-bond acceptors (Lipinski definition) is 6. The molecule has 1 aliphatic rings. The lowest BCUT2D eigenvalue weighted by molar-refractivity contribution is -0.142. The summed E-state index contributed by atoms with van der Waals surface area (Å²) >= 11 is 0. The van der Waals surface area contributed by atoms with Crippen LogP contribution in [0.2, 0.25) is 0 Å². The third kappa shape index (κ3) is 2.44. The number of carbonyl (C=O) groups is 1. The van der Waals surface area contributed by atoms with Crippen molar-refractivity contribution in [1.29, 1.82) is 0 Å². The number of nitrogens with zero attached hydrogens (tertiary/aromatic N) is 3. The summed E-state index contributed by atoms with van der Waals surface area (Å²) in [6.45, 7) is 3.63. The van der Waals surface area contributed by atoms with E-state index >= 15 is 0 Å². The van der Waals surface area contributed by atoms with Crippen LogP contribution in [0.15, 0.2) is 27.3 Å². The maximum atomic E-state index is 11.1. The normalized spacial score (nSPS) is 23.2. The van der Waals surface area contributed by atoms with E-state index in [2.05, 4.69) is 10.1 Å². The van der Waals surface area contributed by atoms with E-state index in [0.29, 0.717) is 30.6 Å². The molecule has 0 bridgehead atoms. The van der Waals surface area contributed by atoms with Crippen LogP contribution in [-0.2, 0) is 11.3 Å². The summed E-state index contributed by atoms with van der Waals surface area (Å²) in [4.78, 5) is 17.3. The number of likely N-dealkylation sites (tertiary alicyclic amines) is 1. The first-order valence-corrected chi connectivity index (χ1v) is 6.45. The van der Waals surface area contributed by atoms with Crippen molar-refractivity contribution in [2.75, 3.05) is 13.1 Å². The van der Waals surface area contributed by atoms with Gasteiger partial charge in [-0.1, -0.05) is 12.1 Å². The zero-order valence-corrected chi connectivity index (χ0v) is 11.0. The number of aliphatic carboxylic acids is 1. The standard InChI is InChI=1S/C13H15N3O4/c1-8-5-16(6-9(8)13(17)18)7-11-14-12(15-20-11)10-3-2-4-19-10/h2-4,8-9H,5-7H2,1H3,(H,17,18)/t8-,9-/m1/s1. The van der Waals surface area contributed by atoms with Crippen molar-refractivity contribution in [3.8, 4) is 11.6 Å². The van der Waals surface area contributed by atoms with E-state index in [9.17, 15) is 4.79 Å². The molecular formula is C13H15N3O4. The van der Waals surface area contributed by atoms with Crippen LogP contribution in [0.4, 0.5) is 0 Å². The third-order valence-electron chi connectivity index (χ3n) is 3.57. The monoisotopic (exact) mass is 277 g/mol. The second-order valence-corrected chi connectivity index (χ2v) is 5.11. The number of aromatic nitrogens is 2. The Morgan fingerprint density at radius 1 is 1.55 bits per heavy atom. The molecule has 0 amide bonds. The van der Waals surface area contributed by atoms with Gasteiger partial charge in [-0.2, -0.15) is 4.98 Å². The van der Waals surface area contributed by atoms with Gasteiger partial charge in [0.15, 0.2) is 5.76 Å². The zero-order chi connectivity index (χ0) is 14.1. The predicted molar refractivity (Wildman–Crippen MR) is 67.6 cm³/mol. The summed E-state index contributed by atoms with van der Waals surface area (Å²) in [6.07, 6.45) is 1.55. The highest BCUT2D eigenvalue weighted by atomic mass is 16.5. The fourth-order valence-corrected chi connectivity index (χ4v) is 2.53. The van der Waals surface area contributed by atoms with Crippen LogP contribution < -0.4 is 0 Å². The molecule has 7 heteroatoms. The first kappa shape index (κ1) is 12.9. The van der Waals surface area contributed by atoms with E-state index in [1.807, 2.05) is 11.8 Å². The van der Waals surface area contributed by atoms with E-state index in [1.54, 1.807) is 18.4 Å². The smallest absolute Gasteiger partial charge is 0.308 e. The lowest BCUT2D eigenvalue weighted by Gasteiger charge is -2.11. The van der Waals surface area contributed by atoms with E-state index < -0.39 is 5.97 Å². The van der Waals surface area contributed by atoms with Crippen molar-refractivity contribution in [2.24, 2.45) is 11.8 Å². The van der Waals surface area contributed by atoms with E-state index in [0.717, 1.165) is 6.54 Å². The molecule has 3 heterocycles. The van der Waals surface area contributed by atoms with Gasteiger partial charge in [0, 0.05) is 13.1 Å². The van der Waals surface area contributed by atoms with Crippen molar-refractivity contribution >= 4 is 5.97 Å². The summed E-state index contributed by atoms with van der Waals surface area (Å²) in [5.74, 6) is 0.476. The molecule has 20 heavy (non-hydrogen) atoms. The summed E-state index contributed by atoms with van der Waals surface area (Å²) in [5.41, 5.74) is 0. The van der Waals surface area contributed by atoms with E-state index in [1.165, 1.54) is 0 Å². The maximum Gasteiger partial charge on any atom is 0.308 e. The Labute approximate surface area is 115 Å². The molecule has 0 aromatic carbocycles. The first-order chi connectivity index (χ1) is 9.63. The van der Waals surface area contributed by atoms with Gasteiger partial charge in [-0.3, -0.25) is 9.69 Å². The number of carboxylic acids is 1. The van der Waals surface area contributed by atoms with Gasteiger partial charge in [-0.15, -0.1) is 0 Å². The molecule has 1 aliphatic heterocycles. The Balaban J connectivity index is 1.66. The molecular weight excluding hydrogens is 262 g/mol. The molecule has 3 rings (SSSR count). The van der Waals surface area contributed by atoms with Gasteiger partial charge in [0.2, 0.25) is 11.7 Å². The highest BCUT2D eigenvalue weighted by Crippen LogP contribution is 2.25. The van der Waals surface area contributed by atoms with E-state index in [-0.39, 0.29) is 11.8 Å². The Kier molecular flexibility index (Phi) is 3.27. The van der Waals surface area contributed by atoms with Crippen molar-refractivity contribution in [1.82, 2.24) is 15.0 Å². The highest BCUT2D eigenvalue weighted by molar-refractivity contribution is 5.71. The summed E-state index contributed by atoms with van der Waals surface area (Å²) in [6, 6.07) is 3.51. The topological polar surface area (TPSA) is 92.6 Å². The van der Waals surface area contributed by atoms with Gasteiger partial charge in [-0.05, 0) is 18.1 Å². The van der Waals surface area contributed by atoms with Gasteiger partial charge >= 0.3 is 5.97 Å². The minimum absolute atomic E-state index is 0.125. The Morgan fingerprint density at radius 2 is 2.40 bits per heavy atom.